The van der Waals surface area contributed by atoms with Gasteiger partial charge < -0.3 is 15.0 Å². The summed E-state index contributed by atoms with van der Waals surface area (Å²) in [5, 5.41) is 19.9. The minimum atomic E-state index is -1.12. The molecule has 3 aromatic heterocycles. The predicted octanol–water partition coefficient (Wildman–Crippen LogP) is 5.91. The van der Waals surface area contributed by atoms with Gasteiger partial charge in [-0.1, -0.05) is 35.9 Å². The Morgan fingerprint density at radius 1 is 1.06 bits per heavy atom. The van der Waals surface area contributed by atoms with Gasteiger partial charge in [0.1, 0.15) is 17.2 Å². The van der Waals surface area contributed by atoms with Crippen molar-refractivity contribution < 1.29 is 5.11 Å². The van der Waals surface area contributed by atoms with Gasteiger partial charge in [0.2, 0.25) is 0 Å². The quantitative estimate of drug-likeness (QED) is 0.303. The maximum atomic E-state index is 10.8. The summed E-state index contributed by atoms with van der Waals surface area (Å²) in [6.07, 6.45) is 3.73. The van der Waals surface area contributed by atoms with Crippen molar-refractivity contribution in [3.63, 3.8) is 0 Å². The molecule has 0 amide bonds. The van der Waals surface area contributed by atoms with E-state index >= 15 is 0 Å². The Hall–Kier alpha value is -3.68. The lowest BCUT2D eigenvalue weighted by Crippen LogP contribution is -2.19. The Bertz CT molecular complexity index is 1580. The van der Waals surface area contributed by atoms with Crippen LogP contribution in [-0.2, 0) is 19.2 Å². The highest BCUT2D eigenvalue weighted by molar-refractivity contribution is 6.31. The smallest absolute Gasteiger partial charge is 0.165 e. The van der Waals surface area contributed by atoms with Crippen molar-refractivity contribution in [3.05, 3.63) is 88.5 Å². The van der Waals surface area contributed by atoms with Crippen LogP contribution in [0.15, 0.2) is 60.9 Å². The maximum absolute atomic E-state index is 10.8. The first-order valence-electron chi connectivity index (χ1n) is 11.8. The van der Waals surface area contributed by atoms with Gasteiger partial charge in [-0.05, 0) is 62.6 Å². The summed E-state index contributed by atoms with van der Waals surface area (Å²) in [7, 11) is 1.99. The number of aryl methyl sites for hydroxylation is 3. The number of nitrogens with one attached hydrogen (secondary N) is 1. The molecular formula is C28H29ClN6O. The number of nitrogens with zero attached hydrogens (tertiary/aromatic N) is 5. The minimum absolute atomic E-state index is 0.561. The fourth-order valence-electron chi connectivity index (χ4n) is 4.36. The number of benzene rings is 2. The maximum Gasteiger partial charge on any atom is 0.165 e. The van der Waals surface area contributed by atoms with Gasteiger partial charge >= 0.3 is 0 Å². The van der Waals surface area contributed by atoms with E-state index < -0.39 is 5.60 Å². The molecule has 0 saturated heterocycles. The number of aromatic nitrogens is 5. The predicted molar refractivity (Wildman–Crippen MR) is 144 cm³/mol. The van der Waals surface area contributed by atoms with Crippen molar-refractivity contribution in [1.82, 2.24) is 24.1 Å². The molecule has 0 radical (unpaired) electrons. The number of rotatable bonds is 6. The van der Waals surface area contributed by atoms with E-state index in [0.717, 1.165) is 45.2 Å². The van der Waals surface area contributed by atoms with E-state index in [2.05, 4.69) is 28.5 Å². The summed E-state index contributed by atoms with van der Waals surface area (Å²) >= 11 is 6.28. The third kappa shape index (κ3) is 4.47. The topological polar surface area (TPSA) is 80.3 Å². The summed E-state index contributed by atoms with van der Waals surface area (Å²) in [5.74, 6) is 1.66. The molecule has 184 valence electrons. The fraction of sp³-hybridized carbons (Fsp3) is 0.250. The number of fused-ring (bicyclic) bond motifs is 1. The van der Waals surface area contributed by atoms with E-state index in [1.807, 2.05) is 66.5 Å². The van der Waals surface area contributed by atoms with Crippen molar-refractivity contribution in [2.45, 2.75) is 39.8 Å². The van der Waals surface area contributed by atoms with Crippen molar-refractivity contribution in [3.8, 4) is 22.5 Å². The normalized spacial score (nSPS) is 11.9. The molecule has 5 rings (SSSR count). The lowest BCUT2D eigenvalue weighted by molar-refractivity contribution is 0.0740. The molecule has 0 saturated carbocycles. The number of hydrogen-bond acceptors (Lipinski definition) is 5. The Morgan fingerprint density at radius 2 is 1.86 bits per heavy atom. The van der Waals surface area contributed by atoms with Crippen LogP contribution in [0.25, 0.3) is 28.2 Å². The largest absolute Gasteiger partial charge is 0.384 e. The van der Waals surface area contributed by atoms with E-state index in [-0.39, 0.29) is 0 Å². The Balaban J connectivity index is 1.57. The van der Waals surface area contributed by atoms with Crippen LogP contribution in [-0.4, -0.2) is 29.3 Å². The second kappa shape index (κ2) is 9.08. The molecule has 0 aliphatic rings. The number of anilines is 1. The van der Waals surface area contributed by atoms with Crippen molar-refractivity contribution in [2.24, 2.45) is 7.05 Å². The molecule has 0 fully saturated rings. The Kier molecular flexibility index (Phi) is 6.06. The second-order valence-electron chi connectivity index (χ2n) is 9.66. The molecule has 0 bridgehead atoms. The first-order valence-corrected chi connectivity index (χ1v) is 12.2. The summed E-state index contributed by atoms with van der Waals surface area (Å²) in [6, 6.07) is 16.1. The monoisotopic (exact) mass is 500 g/mol. The van der Waals surface area contributed by atoms with Gasteiger partial charge in [0, 0.05) is 48.2 Å². The molecule has 8 heteroatoms. The fourth-order valence-corrected chi connectivity index (χ4v) is 4.48. The zero-order valence-corrected chi connectivity index (χ0v) is 21.8. The summed E-state index contributed by atoms with van der Waals surface area (Å²) in [6.45, 7) is 7.99. The van der Waals surface area contributed by atoms with Crippen LogP contribution in [0, 0.1) is 13.8 Å². The van der Waals surface area contributed by atoms with Gasteiger partial charge in [-0.15, -0.1) is 0 Å². The van der Waals surface area contributed by atoms with Gasteiger partial charge in [0.25, 0.3) is 0 Å². The van der Waals surface area contributed by atoms with Crippen LogP contribution < -0.4 is 5.32 Å². The first kappa shape index (κ1) is 24.0. The van der Waals surface area contributed by atoms with Crippen LogP contribution in [0.4, 0.5) is 5.82 Å². The average Bonchev–Trinajstić information content (AvgIpc) is 3.41. The third-order valence-electron chi connectivity index (χ3n) is 6.32. The van der Waals surface area contributed by atoms with Crippen LogP contribution >= 0.6 is 11.6 Å². The van der Waals surface area contributed by atoms with Gasteiger partial charge in [-0.3, -0.25) is 0 Å². The van der Waals surface area contributed by atoms with Gasteiger partial charge in [-0.2, -0.15) is 9.61 Å². The van der Waals surface area contributed by atoms with Crippen LogP contribution in [0.2, 0.25) is 5.02 Å². The Morgan fingerprint density at radius 3 is 2.56 bits per heavy atom. The molecule has 3 heterocycles. The standard InChI is InChI=1S/C28H29ClN6O/c1-17-13-20(9-10-22(17)29)25-18(2)33-35-24(15-23(28(3,4)36)32-27(25)35)31-16-19-7-6-8-21(14-19)26-30-11-12-34(26)5/h6-15,31,36H,16H2,1-5H3. The molecule has 0 spiro atoms. The number of halogens is 1. The van der Waals surface area contributed by atoms with Gasteiger partial charge in [0.05, 0.1) is 11.4 Å². The summed E-state index contributed by atoms with van der Waals surface area (Å²) in [5.41, 5.74) is 6.00. The second-order valence-corrected chi connectivity index (χ2v) is 10.1. The molecule has 2 aromatic carbocycles. The van der Waals surface area contributed by atoms with Crippen LogP contribution in [0.1, 0.15) is 36.4 Å². The van der Waals surface area contributed by atoms with E-state index in [0.29, 0.717) is 22.9 Å². The van der Waals surface area contributed by atoms with Crippen LogP contribution in [0.3, 0.4) is 0 Å². The van der Waals surface area contributed by atoms with Crippen molar-refractivity contribution >= 4 is 23.1 Å². The van der Waals surface area contributed by atoms with E-state index in [1.165, 1.54) is 0 Å². The van der Waals surface area contributed by atoms with E-state index in [1.54, 1.807) is 20.0 Å². The van der Waals surface area contributed by atoms with Crippen LogP contribution in [0.5, 0.6) is 0 Å². The molecule has 0 aliphatic heterocycles. The van der Waals surface area contributed by atoms with Crippen molar-refractivity contribution in [2.75, 3.05) is 5.32 Å². The molecule has 0 unspecified atom stereocenters. The first-order chi connectivity index (χ1) is 17.1. The molecule has 36 heavy (non-hydrogen) atoms. The molecule has 2 N–H and O–H groups in total. The summed E-state index contributed by atoms with van der Waals surface area (Å²) in [4.78, 5) is 9.30. The van der Waals surface area contributed by atoms with E-state index in [4.69, 9.17) is 21.7 Å². The average molecular weight is 501 g/mol. The van der Waals surface area contributed by atoms with Gasteiger partial charge in [-0.25, -0.2) is 9.97 Å². The zero-order chi connectivity index (χ0) is 25.6. The lowest BCUT2D eigenvalue weighted by atomic mass is 10.0. The third-order valence-corrected chi connectivity index (χ3v) is 6.74. The number of hydrogen-bond donors (Lipinski definition) is 2. The highest BCUT2D eigenvalue weighted by atomic mass is 35.5. The zero-order valence-electron chi connectivity index (χ0n) is 21.0. The van der Waals surface area contributed by atoms with E-state index in [9.17, 15) is 5.11 Å². The molecule has 0 aliphatic carbocycles. The SMILES string of the molecule is Cc1cc(-c2c(C)nn3c(NCc4cccc(-c5nccn5C)c4)cc(C(C)(C)O)nc23)ccc1Cl. The highest BCUT2D eigenvalue weighted by Crippen LogP contribution is 2.33. The van der Waals surface area contributed by atoms with Gasteiger partial charge in [0.15, 0.2) is 5.65 Å². The molecule has 0 atom stereocenters. The Labute approximate surface area is 215 Å². The van der Waals surface area contributed by atoms with Crippen molar-refractivity contribution in [1.29, 1.82) is 0 Å². The minimum Gasteiger partial charge on any atom is -0.384 e. The number of aliphatic hydroxyl groups is 1. The molecular weight excluding hydrogens is 472 g/mol. The molecule has 7 nitrogen and oxygen atoms in total. The molecule has 5 aromatic rings. The highest BCUT2D eigenvalue weighted by Gasteiger charge is 2.23. The summed E-state index contributed by atoms with van der Waals surface area (Å²) < 4.78 is 3.81. The lowest BCUT2D eigenvalue weighted by Gasteiger charge is -2.19. The number of imidazole rings is 1.